The molecule has 0 radical (unpaired) electrons. The zero-order chi connectivity index (χ0) is 31.2. The van der Waals surface area contributed by atoms with Gasteiger partial charge in [0.05, 0.1) is 13.2 Å². The minimum absolute atomic E-state index is 0.783. The van der Waals surface area contributed by atoms with Crippen molar-refractivity contribution in [1.29, 1.82) is 0 Å². The number of fused-ring (bicyclic) bond motifs is 2. The number of benzene rings is 3. The van der Waals surface area contributed by atoms with E-state index in [0.29, 0.717) is 0 Å². The van der Waals surface area contributed by atoms with Crippen LogP contribution in [-0.4, -0.2) is 13.2 Å². The number of rotatable bonds is 26. The second-order valence-corrected chi connectivity index (χ2v) is 13.2. The number of aryl methyl sites for hydroxylation is 2. The van der Waals surface area contributed by atoms with Gasteiger partial charge in [0.25, 0.3) is 0 Å². The highest BCUT2D eigenvalue weighted by Crippen LogP contribution is 2.44. The lowest BCUT2D eigenvalue weighted by Gasteiger charge is -2.19. The smallest absolute Gasteiger partial charge is 0.135 e. The summed E-state index contributed by atoms with van der Waals surface area (Å²) in [6.45, 7) is 10.6. The summed E-state index contributed by atoms with van der Waals surface area (Å²) in [5.74, 6) is 2.10. The lowest BCUT2D eigenvalue weighted by atomic mass is 9.96. The van der Waals surface area contributed by atoms with Gasteiger partial charge in [-0.25, -0.2) is 0 Å². The molecule has 0 aromatic heterocycles. The predicted octanol–water partition coefficient (Wildman–Crippen LogP) is 13.7. The van der Waals surface area contributed by atoms with Crippen molar-refractivity contribution in [1.82, 2.24) is 0 Å². The van der Waals surface area contributed by atoms with Crippen molar-refractivity contribution in [2.45, 2.75) is 169 Å². The minimum atomic E-state index is 0.783. The molecule has 0 amide bonds. The number of hydrogen-bond acceptors (Lipinski definition) is 2. The summed E-state index contributed by atoms with van der Waals surface area (Å²) in [6.07, 6.45) is 28.9. The second kappa shape index (κ2) is 22.3. The van der Waals surface area contributed by atoms with Crippen molar-refractivity contribution in [3.05, 3.63) is 47.5 Å². The largest absolute Gasteiger partial charge is 0.492 e. The zero-order valence-corrected chi connectivity index (χ0v) is 29.3. The van der Waals surface area contributed by atoms with Crippen LogP contribution in [0.4, 0.5) is 0 Å². The Bertz CT molecular complexity index is 1090. The van der Waals surface area contributed by atoms with E-state index in [1.54, 1.807) is 0 Å². The van der Waals surface area contributed by atoms with Crippen molar-refractivity contribution in [3.8, 4) is 11.5 Å². The third-order valence-corrected chi connectivity index (χ3v) is 9.45. The van der Waals surface area contributed by atoms with E-state index in [1.807, 2.05) is 0 Å². The van der Waals surface area contributed by atoms with Gasteiger partial charge in [-0.15, -0.1) is 0 Å². The van der Waals surface area contributed by atoms with Gasteiger partial charge in [0.15, 0.2) is 0 Å². The summed E-state index contributed by atoms with van der Waals surface area (Å²) in [6, 6.07) is 13.8. The summed E-state index contributed by atoms with van der Waals surface area (Å²) in [5.41, 5.74) is 2.71. The topological polar surface area (TPSA) is 18.5 Å². The summed E-state index contributed by atoms with van der Waals surface area (Å²) in [7, 11) is 0. The zero-order valence-electron chi connectivity index (χ0n) is 29.3. The Morgan fingerprint density at radius 2 is 0.682 bits per heavy atom. The molecule has 0 unspecified atom stereocenters. The Labute approximate surface area is 271 Å². The van der Waals surface area contributed by atoms with Gasteiger partial charge in [-0.05, 0) is 48.9 Å². The van der Waals surface area contributed by atoms with Gasteiger partial charge < -0.3 is 9.47 Å². The molecule has 0 saturated heterocycles. The van der Waals surface area contributed by atoms with E-state index >= 15 is 0 Å². The fourth-order valence-corrected chi connectivity index (χ4v) is 6.52. The Morgan fingerprint density at radius 3 is 1.00 bits per heavy atom. The molecule has 0 fully saturated rings. The first-order valence-electron chi connectivity index (χ1n) is 19.0. The van der Waals surface area contributed by atoms with E-state index < -0.39 is 0 Å². The van der Waals surface area contributed by atoms with E-state index in [0.717, 1.165) is 50.4 Å². The maximum absolute atomic E-state index is 6.69. The maximum atomic E-state index is 6.69. The standard InChI is InChI=1S/C42H66O2/c1-5-9-11-13-15-17-19-21-23-25-31-43-41-37-29-27-36(8-4)34-40(37)42(38-30-28-35(7-3)33-39(38)41)44-32-26-24-22-20-18-16-14-12-10-6-2/h27-30,33-34H,5-26,31-32H2,1-4H3. The summed E-state index contributed by atoms with van der Waals surface area (Å²) < 4.78 is 13.4. The first kappa shape index (κ1) is 36.3. The summed E-state index contributed by atoms with van der Waals surface area (Å²) in [4.78, 5) is 0. The fraction of sp³-hybridized carbons (Fsp3) is 0.667. The molecule has 0 aliphatic heterocycles. The third kappa shape index (κ3) is 12.3. The van der Waals surface area contributed by atoms with Gasteiger partial charge in [-0.1, -0.05) is 168 Å². The van der Waals surface area contributed by atoms with Gasteiger partial charge in [-0.2, -0.15) is 0 Å². The van der Waals surface area contributed by atoms with Crippen molar-refractivity contribution in [2.24, 2.45) is 0 Å². The van der Waals surface area contributed by atoms with Gasteiger partial charge in [0.2, 0.25) is 0 Å². The second-order valence-electron chi connectivity index (χ2n) is 13.2. The van der Waals surface area contributed by atoms with Gasteiger partial charge >= 0.3 is 0 Å². The molecule has 0 bridgehead atoms. The van der Waals surface area contributed by atoms with Gasteiger partial charge in [0.1, 0.15) is 11.5 Å². The molecule has 2 nitrogen and oxygen atoms in total. The van der Waals surface area contributed by atoms with Gasteiger partial charge in [-0.3, -0.25) is 0 Å². The molecule has 2 heteroatoms. The Morgan fingerprint density at radius 1 is 0.364 bits per heavy atom. The molecule has 0 saturated carbocycles. The number of hydrogen-bond donors (Lipinski definition) is 0. The molecule has 0 aliphatic carbocycles. The van der Waals surface area contributed by atoms with E-state index in [1.165, 1.54) is 148 Å². The molecular formula is C42H66O2. The van der Waals surface area contributed by atoms with Crippen LogP contribution in [0, 0.1) is 0 Å². The van der Waals surface area contributed by atoms with Crippen LogP contribution in [0.15, 0.2) is 36.4 Å². The average molecular weight is 603 g/mol. The first-order chi connectivity index (χ1) is 21.7. The summed E-state index contributed by atoms with van der Waals surface area (Å²) in [5, 5.41) is 4.83. The van der Waals surface area contributed by atoms with Crippen molar-refractivity contribution >= 4 is 21.5 Å². The Kier molecular flexibility index (Phi) is 18.4. The van der Waals surface area contributed by atoms with Gasteiger partial charge in [0, 0.05) is 21.5 Å². The van der Waals surface area contributed by atoms with Crippen LogP contribution in [0.3, 0.4) is 0 Å². The van der Waals surface area contributed by atoms with Crippen LogP contribution in [0.2, 0.25) is 0 Å². The molecule has 44 heavy (non-hydrogen) atoms. The normalized spacial score (nSPS) is 11.5. The average Bonchev–Trinajstić information content (AvgIpc) is 3.06. The SMILES string of the molecule is CCCCCCCCCCCCOc1c2ccc(CC)cc2c(OCCCCCCCCCCCC)c2ccc(CC)cc12. The quantitative estimate of drug-likeness (QED) is 0.0672. The van der Waals surface area contributed by atoms with Crippen LogP contribution in [-0.2, 0) is 12.8 Å². The Balaban J connectivity index is 1.63. The molecular weight excluding hydrogens is 536 g/mol. The summed E-state index contributed by atoms with van der Waals surface area (Å²) >= 11 is 0. The lowest BCUT2D eigenvalue weighted by molar-refractivity contribution is 0.306. The molecule has 0 heterocycles. The molecule has 246 valence electrons. The Hall–Kier alpha value is -2.22. The fourth-order valence-electron chi connectivity index (χ4n) is 6.52. The minimum Gasteiger partial charge on any atom is -0.492 e. The van der Waals surface area contributed by atoms with E-state index in [-0.39, 0.29) is 0 Å². The van der Waals surface area contributed by atoms with Crippen LogP contribution in [0.1, 0.15) is 167 Å². The highest BCUT2D eigenvalue weighted by molar-refractivity contribution is 6.11. The predicted molar refractivity (Wildman–Crippen MR) is 195 cm³/mol. The number of unbranched alkanes of at least 4 members (excludes halogenated alkanes) is 18. The highest BCUT2D eigenvalue weighted by atomic mass is 16.5. The van der Waals surface area contributed by atoms with E-state index in [9.17, 15) is 0 Å². The lowest BCUT2D eigenvalue weighted by Crippen LogP contribution is -2.03. The monoisotopic (exact) mass is 603 g/mol. The molecule has 3 aromatic carbocycles. The van der Waals surface area contributed by atoms with Crippen LogP contribution in [0.25, 0.3) is 21.5 Å². The van der Waals surface area contributed by atoms with Crippen LogP contribution in [0.5, 0.6) is 11.5 Å². The van der Waals surface area contributed by atoms with E-state index in [2.05, 4.69) is 64.1 Å². The molecule has 3 aromatic rings. The first-order valence-corrected chi connectivity index (χ1v) is 19.0. The van der Waals surface area contributed by atoms with Crippen LogP contribution < -0.4 is 9.47 Å². The number of ether oxygens (including phenoxy) is 2. The molecule has 3 rings (SSSR count). The van der Waals surface area contributed by atoms with Crippen molar-refractivity contribution in [3.63, 3.8) is 0 Å². The van der Waals surface area contributed by atoms with Crippen molar-refractivity contribution < 1.29 is 9.47 Å². The molecule has 0 atom stereocenters. The third-order valence-electron chi connectivity index (χ3n) is 9.45. The van der Waals surface area contributed by atoms with E-state index in [4.69, 9.17) is 9.47 Å². The maximum Gasteiger partial charge on any atom is 0.135 e. The molecule has 0 aliphatic rings. The molecule has 0 spiro atoms. The molecule has 0 N–H and O–H groups in total. The highest BCUT2D eigenvalue weighted by Gasteiger charge is 2.17. The van der Waals surface area contributed by atoms with Crippen molar-refractivity contribution in [2.75, 3.05) is 13.2 Å². The van der Waals surface area contributed by atoms with Crippen LogP contribution >= 0.6 is 0 Å².